The van der Waals surface area contributed by atoms with Gasteiger partial charge in [-0.25, -0.2) is 4.98 Å². The molecule has 0 amide bonds. The summed E-state index contributed by atoms with van der Waals surface area (Å²) in [4.78, 5) is 16.3. The highest BCUT2D eigenvalue weighted by molar-refractivity contribution is 6.28. The van der Waals surface area contributed by atoms with Crippen LogP contribution in [0.2, 0.25) is 5.28 Å². The van der Waals surface area contributed by atoms with E-state index in [1.54, 1.807) is 0 Å². The molecule has 0 bridgehead atoms. The van der Waals surface area contributed by atoms with Crippen LogP contribution in [0.15, 0.2) is 6.33 Å². The number of ether oxygens (including phenoxy) is 1. The Bertz CT molecular complexity index is 822. The van der Waals surface area contributed by atoms with Gasteiger partial charge in [0.15, 0.2) is 17.0 Å². The van der Waals surface area contributed by atoms with Gasteiger partial charge in [-0.2, -0.15) is 9.97 Å². The number of nitrogens with zero attached hydrogens (tertiary/aromatic N) is 5. The van der Waals surface area contributed by atoms with E-state index in [0.717, 1.165) is 56.1 Å². The minimum Gasteiger partial charge on any atom is -0.382 e. The van der Waals surface area contributed by atoms with Crippen molar-refractivity contribution in [2.24, 2.45) is 0 Å². The molecule has 1 aliphatic carbocycles. The quantitative estimate of drug-likeness (QED) is 0.366. The number of hydrogen-bond donors (Lipinski definition) is 1. The molecule has 1 saturated carbocycles. The number of rotatable bonds is 11. The second kappa shape index (κ2) is 11.4. The predicted octanol–water partition coefficient (Wildman–Crippen LogP) is 5.42. The van der Waals surface area contributed by atoms with Crippen molar-refractivity contribution in [1.82, 2.24) is 24.4 Å². The summed E-state index contributed by atoms with van der Waals surface area (Å²) >= 11 is 6.34. The van der Waals surface area contributed by atoms with Crippen LogP contribution in [0.25, 0.3) is 11.2 Å². The molecule has 1 atom stereocenters. The Morgan fingerprint density at radius 1 is 1.06 bits per heavy atom. The number of aromatic nitrogens is 4. The van der Waals surface area contributed by atoms with Gasteiger partial charge in [0.05, 0.1) is 12.5 Å². The summed E-state index contributed by atoms with van der Waals surface area (Å²) < 4.78 is 7.65. The molecule has 2 aliphatic rings. The number of nitrogens with one attached hydrogen (secondary N) is 1. The summed E-state index contributed by atoms with van der Waals surface area (Å²) in [5.41, 5.74) is 1.71. The second-order valence-electron chi connectivity index (χ2n) is 8.91. The molecule has 2 fully saturated rings. The second-order valence-corrected chi connectivity index (χ2v) is 9.24. The molecule has 7 nitrogen and oxygen atoms in total. The number of fused-ring (bicyclic) bond motifs is 1. The van der Waals surface area contributed by atoms with Gasteiger partial charge in [-0.1, -0.05) is 25.7 Å². The number of hydrogen-bond acceptors (Lipinski definition) is 6. The lowest BCUT2D eigenvalue weighted by Gasteiger charge is -2.36. The summed E-state index contributed by atoms with van der Waals surface area (Å²) in [5.74, 6) is 0.778. The normalized spacial score (nSPS) is 20.6. The maximum absolute atomic E-state index is 6.34. The molecule has 3 heterocycles. The van der Waals surface area contributed by atoms with Gasteiger partial charge in [-0.15, -0.1) is 0 Å². The van der Waals surface area contributed by atoms with E-state index in [9.17, 15) is 0 Å². The average Bonchev–Trinajstić information content (AvgIpc) is 3.44. The number of halogens is 1. The van der Waals surface area contributed by atoms with Crippen LogP contribution in [0.3, 0.4) is 0 Å². The Morgan fingerprint density at radius 2 is 1.87 bits per heavy atom. The maximum atomic E-state index is 6.34. The van der Waals surface area contributed by atoms with Gasteiger partial charge in [0.2, 0.25) is 5.28 Å². The minimum atomic E-state index is 0.281. The Labute approximate surface area is 190 Å². The summed E-state index contributed by atoms with van der Waals surface area (Å²) in [5, 5.41) is 3.98. The number of imidazole rings is 1. The Kier molecular flexibility index (Phi) is 8.39. The monoisotopic (exact) mass is 448 g/mol. The number of unbranched alkanes of at least 4 members (excludes halogenated alkanes) is 3. The maximum Gasteiger partial charge on any atom is 0.226 e. The first-order chi connectivity index (χ1) is 15.3. The van der Waals surface area contributed by atoms with Crippen molar-refractivity contribution in [3.05, 3.63) is 11.6 Å². The molecule has 0 aromatic carbocycles. The molecular formula is C23H37ClN6O. The first-order valence-electron chi connectivity index (χ1n) is 12.2. The van der Waals surface area contributed by atoms with E-state index in [1.807, 2.05) is 6.33 Å². The molecule has 8 heteroatoms. The standard InChI is InChI=1S/C23H37ClN6O/c1-2-31-16-10-4-3-8-14-29-15-9-7-13-19(29)26-21-20-22(28-23(24)27-21)30(17-25-20)18-11-5-6-12-18/h17-19H,2-16H2,1H3,(H,26,27,28). The zero-order chi connectivity index (χ0) is 21.5. The van der Waals surface area contributed by atoms with Crippen LogP contribution in [0.4, 0.5) is 5.82 Å². The Balaban J connectivity index is 1.39. The summed E-state index contributed by atoms with van der Waals surface area (Å²) in [6.07, 6.45) is 15.6. The van der Waals surface area contributed by atoms with Crippen LogP contribution >= 0.6 is 11.6 Å². The topological polar surface area (TPSA) is 68.1 Å². The molecule has 0 radical (unpaired) electrons. The largest absolute Gasteiger partial charge is 0.382 e. The Morgan fingerprint density at radius 3 is 2.71 bits per heavy atom. The smallest absolute Gasteiger partial charge is 0.226 e. The fourth-order valence-corrected chi connectivity index (χ4v) is 5.20. The lowest BCUT2D eigenvalue weighted by molar-refractivity contribution is 0.140. The molecule has 1 unspecified atom stereocenters. The van der Waals surface area contributed by atoms with E-state index in [-0.39, 0.29) is 6.17 Å². The van der Waals surface area contributed by atoms with E-state index in [4.69, 9.17) is 21.3 Å². The van der Waals surface area contributed by atoms with Crippen molar-refractivity contribution >= 4 is 28.6 Å². The van der Waals surface area contributed by atoms with Gasteiger partial charge in [-0.05, 0) is 63.5 Å². The van der Waals surface area contributed by atoms with E-state index < -0.39 is 0 Å². The highest BCUT2D eigenvalue weighted by Crippen LogP contribution is 2.33. The van der Waals surface area contributed by atoms with E-state index >= 15 is 0 Å². The van der Waals surface area contributed by atoms with Crippen molar-refractivity contribution in [2.45, 2.75) is 89.8 Å². The summed E-state index contributed by atoms with van der Waals surface area (Å²) in [6, 6.07) is 0.484. The zero-order valence-corrected chi connectivity index (χ0v) is 19.6. The third kappa shape index (κ3) is 5.88. The molecule has 4 rings (SSSR count). The summed E-state index contributed by atoms with van der Waals surface area (Å²) in [7, 11) is 0. The third-order valence-corrected chi connectivity index (χ3v) is 6.89. The van der Waals surface area contributed by atoms with Crippen LogP contribution in [0.5, 0.6) is 0 Å². The van der Waals surface area contributed by atoms with E-state index in [2.05, 4.69) is 31.7 Å². The van der Waals surface area contributed by atoms with Crippen LogP contribution in [-0.2, 0) is 4.74 Å². The molecule has 172 valence electrons. The van der Waals surface area contributed by atoms with Crippen molar-refractivity contribution < 1.29 is 4.74 Å². The third-order valence-electron chi connectivity index (χ3n) is 6.72. The molecule has 1 saturated heterocycles. The zero-order valence-electron chi connectivity index (χ0n) is 18.9. The van der Waals surface area contributed by atoms with Crippen molar-refractivity contribution in [1.29, 1.82) is 0 Å². The molecule has 31 heavy (non-hydrogen) atoms. The van der Waals surface area contributed by atoms with E-state index in [0.29, 0.717) is 11.3 Å². The van der Waals surface area contributed by atoms with E-state index in [1.165, 1.54) is 57.8 Å². The first-order valence-corrected chi connectivity index (χ1v) is 12.6. The fraction of sp³-hybridized carbons (Fsp3) is 0.783. The van der Waals surface area contributed by atoms with Crippen molar-refractivity contribution in [3.8, 4) is 0 Å². The van der Waals surface area contributed by atoms with Crippen LogP contribution in [0.1, 0.15) is 83.6 Å². The SMILES string of the molecule is CCOCCCCCCN1CCCCC1Nc1nc(Cl)nc2c1ncn2C1CCCC1. The van der Waals surface area contributed by atoms with Gasteiger partial charge in [-0.3, -0.25) is 4.90 Å². The number of piperidine rings is 1. The van der Waals surface area contributed by atoms with Gasteiger partial charge < -0.3 is 14.6 Å². The van der Waals surface area contributed by atoms with Crippen molar-refractivity contribution in [2.75, 3.05) is 31.6 Å². The number of likely N-dealkylation sites (tertiary alicyclic amines) is 1. The Hall–Kier alpha value is -1.44. The minimum absolute atomic E-state index is 0.281. The van der Waals surface area contributed by atoms with Crippen molar-refractivity contribution in [3.63, 3.8) is 0 Å². The molecule has 2 aromatic rings. The molecule has 0 spiro atoms. The van der Waals surface area contributed by atoms with Crippen LogP contribution < -0.4 is 5.32 Å². The van der Waals surface area contributed by atoms with Crippen LogP contribution in [0, 0.1) is 0 Å². The highest BCUT2D eigenvalue weighted by atomic mass is 35.5. The predicted molar refractivity (Wildman–Crippen MR) is 126 cm³/mol. The first kappa shape index (κ1) is 22.7. The van der Waals surface area contributed by atoms with Gasteiger partial charge in [0.25, 0.3) is 0 Å². The number of anilines is 1. The molecule has 1 aliphatic heterocycles. The fourth-order valence-electron chi connectivity index (χ4n) is 5.04. The molecule has 1 N–H and O–H groups in total. The van der Waals surface area contributed by atoms with Crippen LogP contribution in [-0.4, -0.2) is 56.9 Å². The molecular weight excluding hydrogens is 412 g/mol. The van der Waals surface area contributed by atoms with Gasteiger partial charge >= 0.3 is 0 Å². The summed E-state index contributed by atoms with van der Waals surface area (Å²) in [6.45, 7) is 6.02. The molecule has 2 aromatic heterocycles. The van der Waals surface area contributed by atoms with Gasteiger partial charge in [0, 0.05) is 32.3 Å². The lowest BCUT2D eigenvalue weighted by atomic mass is 10.1. The van der Waals surface area contributed by atoms with Gasteiger partial charge in [0.1, 0.15) is 0 Å². The average molecular weight is 449 g/mol. The lowest BCUT2D eigenvalue weighted by Crippen LogP contribution is -2.45. The highest BCUT2D eigenvalue weighted by Gasteiger charge is 2.25.